The van der Waals surface area contributed by atoms with E-state index >= 15 is 0 Å². The van der Waals surface area contributed by atoms with E-state index in [2.05, 4.69) is 17.3 Å². The highest BCUT2D eigenvalue weighted by Crippen LogP contribution is 2.53. The van der Waals surface area contributed by atoms with Crippen LogP contribution in [0.3, 0.4) is 0 Å². The van der Waals surface area contributed by atoms with Crippen molar-refractivity contribution >= 4 is 44.3 Å². The number of hydrogen-bond donors (Lipinski definition) is 0. The van der Waals surface area contributed by atoms with Gasteiger partial charge in [0.1, 0.15) is 0 Å². The van der Waals surface area contributed by atoms with Crippen LogP contribution in [0.25, 0.3) is 0 Å². The SMILES string of the molecule is C=[O+]C(=O)C[C@@](C#N)(O[Si](C)(C)C)C1(c2ccc(Cl)c(Cl)c2)CCCC1. The molecule has 0 radical (unpaired) electrons. The Morgan fingerprint density at radius 3 is 2.42 bits per heavy atom. The molecule has 0 aliphatic heterocycles. The second-order valence-corrected chi connectivity index (χ2v) is 13.0. The standard InChI is InChI=1S/C19H24Cl2NO3Si/c1-24-17(23)12-19(13-22,25-26(2,3)4)18(9-5-6-10-18)14-7-8-15(20)16(21)11-14/h7-8,11H,1,5-6,9-10,12H2,2-4H3/q+1/t19-/m0/s1. The molecule has 140 valence electrons. The van der Waals surface area contributed by atoms with Crippen molar-refractivity contribution in [2.75, 3.05) is 0 Å². The molecule has 0 N–H and O–H groups in total. The molecule has 1 fully saturated rings. The molecule has 2 rings (SSSR count). The number of nitrogens with zero attached hydrogens (tertiary/aromatic N) is 1. The molecule has 1 aromatic rings. The number of rotatable bonds is 6. The molecule has 0 spiro atoms. The van der Waals surface area contributed by atoms with Crippen molar-refractivity contribution in [2.24, 2.45) is 0 Å². The predicted octanol–water partition coefficient (Wildman–Crippen LogP) is 5.20. The summed E-state index contributed by atoms with van der Waals surface area (Å²) in [5.41, 5.74) is -1.11. The molecule has 1 aromatic carbocycles. The average molecular weight is 413 g/mol. The average Bonchev–Trinajstić information content (AvgIpc) is 3.06. The minimum Gasteiger partial charge on any atom is -0.399 e. The van der Waals surface area contributed by atoms with Crippen LogP contribution in [0.4, 0.5) is 0 Å². The molecule has 0 unspecified atom stereocenters. The van der Waals surface area contributed by atoms with E-state index in [1.165, 1.54) is 0 Å². The monoisotopic (exact) mass is 412 g/mol. The number of benzene rings is 1. The molecule has 0 bridgehead atoms. The van der Waals surface area contributed by atoms with Gasteiger partial charge in [-0.25, -0.2) is 0 Å². The summed E-state index contributed by atoms with van der Waals surface area (Å²) in [6.07, 6.45) is 3.18. The minimum atomic E-state index is -2.17. The van der Waals surface area contributed by atoms with Gasteiger partial charge in [0.05, 0.1) is 16.1 Å². The van der Waals surface area contributed by atoms with Gasteiger partial charge in [-0.15, -0.1) is 0 Å². The first-order valence-electron chi connectivity index (χ1n) is 8.61. The zero-order valence-corrected chi connectivity index (χ0v) is 17.9. The fourth-order valence-electron chi connectivity index (χ4n) is 3.95. The molecule has 1 aliphatic rings. The number of carbonyl (C=O) groups is 1. The van der Waals surface area contributed by atoms with Gasteiger partial charge in [-0.3, -0.25) is 4.42 Å². The van der Waals surface area contributed by atoms with Crippen molar-refractivity contribution in [3.8, 4) is 6.07 Å². The van der Waals surface area contributed by atoms with Gasteiger partial charge in [-0.2, -0.15) is 5.26 Å². The van der Waals surface area contributed by atoms with Crippen molar-refractivity contribution in [2.45, 2.75) is 62.8 Å². The number of hydrogen-bond acceptors (Lipinski definition) is 3. The van der Waals surface area contributed by atoms with Gasteiger partial charge in [0.15, 0.2) is 27.1 Å². The zero-order valence-electron chi connectivity index (χ0n) is 15.4. The lowest BCUT2D eigenvalue weighted by Gasteiger charge is -2.46. The second-order valence-electron chi connectivity index (χ2n) is 7.76. The Morgan fingerprint density at radius 1 is 1.35 bits per heavy atom. The van der Waals surface area contributed by atoms with Crippen LogP contribution >= 0.6 is 23.2 Å². The summed E-state index contributed by atoms with van der Waals surface area (Å²) < 4.78 is 11.1. The van der Waals surface area contributed by atoms with Crippen molar-refractivity contribution in [3.05, 3.63) is 33.8 Å². The summed E-state index contributed by atoms with van der Waals surface area (Å²) >= 11 is 12.4. The molecule has 1 atom stereocenters. The summed E-state index contributed by atoms with van der Waals surface area (Å²) in [5.74, 6) is -0.559. The number of nitriles is 1. The molecule has 1 saturated carbocycles. The molecule has 4 nitrogen and oxygen atoms in total. The fraction of sp³-hybridized carbons (Fsp3) is 0.526. The van der Waals surface area contributed by atoms with E-state index in [9.17, 15) is 10.1 Å². The van der Waals surface area contributed by atoms with Gasteiger partial charge in [-0.1, -0.05) is 42.1 Å². The normalized spacial score (nSPS) is 18.8. The van der Waals surface area contributed by atoms with E-state index in [1.807, 2.05) is 25.7 Å². The van der Waals surface area contributed by atoms with E-state index in [0.29, 0.717) is 10.0 Å². The summed E-state index contributed by atoms with van der Waals surface area (Å²) in [6, 6.07) is 7.77. The smallest absolute Gasteiger partial charge is 0.399 e. The molecule has 0 aromatic heterocycles. The maximum absolute atomic E-state index is 12.2. The van der Waals surface area contributed by atoms with Gasteiger partial charge in [0, 0.05) is 10.2 Å². The summed E-state index contributed by atoms with van der Waals surface area (Å²) in [5, 5.41) is 11.1. The molecule has 0 heterocycles. The van der Waals surface area contributed by atoms with Crippen LogP contribution in [0.1, 0.15) is 37.7 Å². The van der Waals surface area contributed by atoms with Crippen LogP contribution in [0.2, 0.25) is 29.7 Å². The molecule has 7 heteroatoms. The van der Waals surface area contributed by atoms with Crippen molar-refractivity contribution < 1.29 is 13.6 Å². The lowest BCUT2D eigenvalue weighted by molar-refractivity contribution is -0.371. The Balaban J connectivity index is 2.70. The molecule has 26 heavy (non-hydrogen) atoms. The Kier molecular flexibility index (Phi) is 6.35. The van der Waals surface area contributed by atoms with Gasteiger partial charge in [0.25, 0.3) is 0 Å². The van der Waals surface area contributed by atoms with Gasteiger partial charge < -0.3 is 4.43 Å². The minimum absolute atomic E-state index is 0.169. The van der Waals surface area contributed by atoms with Gasteiger partial charge >= 0.3 is 5.97 Å². The third-order valence-electron chi connectivity index (χ3n) is 4.92. The predicted molar refractivity (Wildman–Crippen MR) is 106 cm³/mol. The zero-order chi connectivity index (χ0) is 19.6. The van der Waals surface area contributed by atoms with Crippen LogP contribution in [0, 0.1) is 11.3 Å². The van der Waals surface area contributed by atoms with Crippen LogP contribution in [-0.2, 0) is 19.1 Å². The van der Waals surface area contributed by atoms with E-state index in [1.54, 1.807) is 12.1 Å². The Labute approximate surface area is 165 Å². The lowest BCUT2D eigenvalue weighted by Crippen LogP contribution is -2.56. The number of carbonyl (C=O) groups excluding carboxylic acids is 2. The van der Waals surface area contributed by atoms with Gasteiger partial charge in [-0.05, 0) is 50.2 Å². The Hall–Kier alpha value is -1.19. The van der Waals surface area contributed by atoms with Crippen LogP contribution in [0.5, 0.6) is 0 Å². The lowest BCUT2D eigenvalue weighted by atomic mass is 9.65. The highest BCUT2D eigenvalue weighted by atomic mass is 35.5. The van der Waals surface area contributed by atoms with Crippen molar-refractivity contribution in [1.82, 2.24) is 0 Å². The fourth-order valence-corrected chi connectivity index (χ4v) is 5.60. The van der Waals surface area contributed by atoms with Crippen LogP contribution < -0.4 is 0 Å². The topological polar surface area (TPSA) is 61.4 Å². The highest BCUT2D eigenvalue weighted by molar-refractivity contribution is 6.69. The summed E-state index contributed by atoms with van der Waals surface area (Å²) in [4.78, 5) is 12.2. The highest BCUT2D eigenvalue weighted by Gasteiger charge is 2.59. The Morgan fingerprint density at radius 2 is 1.96 bits per heavy atom. The van der Waals surface area contributed by atoms with Crippen molar-refractivity contribution in [3.63, 3.8) is 0 Å². The van der Waals surface area contributed by atoms with E-state index in [0.717, 1.165) is 31.2 Å². The van der Waals surface area contributed by atoms with Gasteiger partial charge in [0.2, 0.25) is 0 Å². The maximum Gasteiger partial charge on any atom is 0.583 e. The molecular weight excluding hydrogens is 389 g/mol. The second kappa shape index (κ2) is 7.81. The van der Waals surface area contributed by atoms with Crippen LogP contribution in [-0.4, -0.2) is 26.7 Å². The summed E-state index contributed by atoms with van der Waals surface area (Å²) in [7, 11) is -2.17. The third kappa shape index (κ3) is 4.04. The van der Waals surface area contributed by atoms with Crippen molar-refractivity contribution in [1.29, 1.82) is 5.26 Å². The first-order valence-corrected chi connectivity index (χ1v) is 12.8. The van der Waals surface area contributed by atoms with E-state index in [4.69, 9.17) is 27.6 Å². The summed E-state index contributed by atoms with van der Waals surface area (Å²) in [6.45, 7) is 9.22. The first kappa shape index (κ1) is 21.1. The maximum atomic E-state index is 12.2. The molecule has 0 amide bonds. The molecule has 0 saturated heterocycles. The largest absolute Gasteiger partial charge is 0.583 e. The number of halogens is 2. The quantitative estimate of drug-likeness (QED) is 0.476. The first-order chi connectivity index (χ1) is 12.1. The van der Waals surface area contributed by atoms with E-state index < -0.39 is 25.3 Å². The Bertz CT molecular complexity index is 748. The molecular formula is C19H24Cl2NO3Si+. The van der Waals surface area contributed by atoms with Crippen LogP contribution in [0.15, 0.2) is 18.2 Å². The van der Waals surface area contributed by atoms with E-state index in [-0.39, 0.29) is 6.42 Å². The third-order valence-corrected chi connectivity index (χ3v) is 6.62. The molecule has 1 aliphatic carbocycles.